The average Bonchev–Trinajstić information content (AvgIpc) is 1.83. The Hall–Kier alpha value is -0.0897. The molecule has 0 rings (SSSR count). The van der Waals surface area contributed by atoms with E-state index >= 15 is 0 Å². The smallest absolute Gasteiger partial charge is 0.488 e. The Morgan fingerprint density at radius 1 is 1.78 bits per heavy atom. The van der Waals surface area contributed by atoms with Crippen molar-refractivity contribution in [2.45, 2.75) is 0 Å². The van der Waals surface area contributed by atoms with Gasteiger partial charge in [0.05, 0.1) is 6.61 Å². The van der Waals surface area contributed by atoms with Crippen molar-refractivity contribution < 1.29 is 37.0 Å². The van der Waals surface area contributed by atoms with Crippen LogP contribution in [0.4, 0.5) is 0 Å². The maximum atomic E-state index is 10.1. The number of ether oxygens (including phenoxy) is 1. The van der Waals surface area contributed by atoms with Crippen LogP contribution >= 0.6 is 0 Å². The second-order valence-corrected chi connectivity index (χ2v) is 1.04. The molecule has 0 aliphatic rings. The largest absolute Gasteiger partial charge is 1.00 e. The van der Waals surface area contributed by atoms with Crippen molar-refractivity contribution in [1.82, 2.24) is 0 Å². The zero-order chi connectivity index (χ0) is 6.41. The molecule has 0 saturated carbocycles. The summed E-state index contributed by atoms with van der Waals surface area (Å²) in [4.78, 5) is 10.1. The summed E-state index contributed by atoms with van der Waals surface area (Å²) in [6, 6.07) is 0. The Labute approximate surface area is 69.2 Å². The molecule has 3 nitrogen and oxygen atoms in total. The van der Waals surface area contributed by atoms with Crippen LogP contribution in [0.15, 0.2) is 6.58 Å². The maximum Gasteiger partial charge on any atom is 1.00 e. The van der Waals surface area contributed by atoms with Gasteiger partial charge in [-0.05, 0) is 0 Å². The van der Waals surface area contributed by atoms with Gasteiger partial charge in [0.1, 0.15) is 12.6 Å². The Balaban J connectivity index is 0. The number of carbonyl (C=O) groups is 1. The van der Waals surface area contributed by atoms with E-state index in [-0.39, 0.29) is 35.6 Å². The van der Waals surface area contributed by atoms with Crippen molar-refractivity contribution in [3.8, 4) is 0 Å². The molecule has 0 aromatic carbocycles. The summed E-state index contributed by atoms with van der Waals surface area (Å²) in [5.74, 6) is -0.626. The van der Waals surface area contributed by atoms with E-state index in [4.69, 9.17) is 5.11 Å². The predicted octanol–water partition coefficient (Wildman–Crippen LogP) is -0.491. The van der Waals surface area contributed by atoms with Crippen molar-refractivity contribution in [2.24, 2.45) is 0 Å². The van der Waals surface area contributed by atoms with Gasteiger partial charge in [-0.1, -0.05) is 0 Å². The van der Waals surface area contributed by atoms with Gasteiger partial charge in [0.15, 0.2) is 0 Å². The predicted molar refractivity (Wildman–Crippen MR) is 26.9 cm³/mol. The molecule has 0 spiro atoms. The molecule has 0 bridgehead atoms. The van der Waals surface area contributed by atoms with Crippen LogP contribution in [0.3, 0.4) is 0 Å². The minimum absolute atomic E-state index is 0. The summed E-state index contributed by atoms with van der Waals surface area (Å²) in [6.45, 7) is 2.89. The molecule has 0 fully saturated rings. The number of carbonyl (C=O) groups excluding carboxylic acids is 1. The number of aliphatic hydroxyl groups excluding tert-OH is 1. The standard InChI is InChI=1S/C5H7O3.Au/c1-2-5(7)8-4-3-6;/h6H,1,3-4H2;/q-1;+1. The molecule has 4 heteroatoms. The first-order valence-corrected chi connectivity index (χ1v) is 2.12. The van der Waals surface area contributed by atoms with Crippen molar-refractivity contribution in [3.05, 3.63) is 12.7 Å². The van der Waals surface area contributed by atoms with E-state index in [2.05, 4.69) is 11.3 Å². The average molecular weight is 312 g/mol. The van der Waals surface area contributed by atoms with E-state index in [1.807, 2.05) is 6.08 Å². The normalized spacial score (nSPS) is 7.22. The quantitative estimate of drug-likeness (QED) is 0.331. The van der Waals surface area contributed by atoms with Crippen LogP contribution in [0, 0.1) is 6.08 Å². The van der Waals surface area contributed by atoms with Gasteiger partial charge in [-0.15, -0.1) is 0 Å². The third-order valence-electron chi connectivity index (χ3n) is 0.469. The van der Waals surface area contributed by atoms with Gasteiger partial charge in [-0.3, -0.25) is 11.4 Å². The number of rotatable bonds is 3. The fraction of sp³-hybridized carbons (Fsp3) is 0.400. The zero-order valence-corrected chi connectivity index (χ0v) is 6.85. The van der Waals surface area contributed by atoms with Crippen molar-refractivity contribution in [1.29, 1.82) is 0 Å². The van der Waals surface area contributed by atoms with Gasteiger partial charge in [-0.25, -0.2) is 0 Å². The molecule has 56 valence electrons. The molecule has 0 aliphatic heterocycles. The minimum atomic E-state index is -0.626. The van der Waals surface area contributed by atoms with Crippen LogP contribution < -0.4 is 0 Å². The summed E-state index contributed by atoms with van der Waals surface area (Å²) >= 11 is 0. The molecule has 0 saturated heterocycles. The van der Waals surface area contributed by atoms with E-state index in [1.165, 1.54) is 0 Å². The van der Waals surface area contributed by atoms with Gasteiger partial charge >= 0.3 is 22.4 Å². The van der Waals surface area contributed by atoms with E-state index in [0.29, 0.717) is 0 Å². The molecular weight excluding hydrogens is 305 g/mol. The topological polar surface area (TPSA) is 46.5 Å². The van der Waals surface area contributed by atoms with Crippen LogP contribution in [0.2, 0.25) is 0 Å². The van der Waals surface area contributed by atoms with E-state index < -0.39 is 5.97 Å². The molecule has 1 N–H and O–H groups in total. The summed E-state index contributed by atoms with van der Waals surface area (Å²) in [6.07, 6.45) is 1.98. The Bertz CT molecular complexity index is 92.2. The Morgan fingerprint density at radius 3 is 2.67 bits per heavy atom. The van der Waals surface area contributed by atoms with Crippen LogP contribution in [0.5, 0.6) is 0 Å². The third-order valence-corrected chi connectivity index (χ3v) is 0.469. The van der Waals surface area contributed by atoms with Crippen molar-refractivity contribution >= 4 is 5.97 Å². The van der Waals surface area contributed by atoms with Gasteiger partial charge in [0.25, 0.3) is 0 Å². The van der Waals surface area contributed by atoms with Crippen molar-refractivity contribution in [2.75, 3.05) is 13.2 Å². The molecule has 9 heavy (non-hydrogen) atoms. The van der Waals surface area contributed by atoms with Gasteiger partial charge in [0, 0.05) is 0 Å². The van der Waals surface area contributed by atoms with Crippen LogP contribution in [0.1, 0.15) is 0 Å². The van der Waals surface area contributed by atoms with E-state index in [0.717, 1.165) is 0 Å². The van der Waals surface area contributed by atoms with E-state index in [1.54, 1.807) is 0 Å². The minimum Gasteiger partial charge on any atom is -0.488 e. The van der Waals surface area contributed by atoms with Gasteiger partial charge in [0.2, 0.25) is 0 Å². The molecular formula is C5H7AuO3. The summed E-state index contributed by atoms with van der Waals surface area (Å²) < 4.78 is 4.28. The summed E-state index contributed by atoms with van der Waals surface area (Å²) in [5, 5.41) is 8.09. The fourth-order valence-corrected chi connectivity index (χ4v) is 0.189. The summed E-state index contributed by atoms with van der Waals surface area (Å²) in [5.41, 5.74) is 0. The molecule has 0 amide bonds. The van der Waals surface area contributed by atoms with Crippen LogP contribution in [-0.4, -0.2) is 24.3 Å². The number of hydrogen-bond acceptors (Lipinski definition) is 3. The molecule has 0 atom stereocenters. The number of hydrogen-bond donors (Lipinski definition) is 1. The molecule has 0 unspecified atom stereocenters. The summed E-state index contributed by atoms with van der Waals surface area (Å²) in [7, 11) is 0. The molecule has 0 aliphatic carbocycles. The van der Waals surface area contributed by atoms with Crippen LogP contribution in [0.25, 0.3) is 0 Å². The first-order valence-electron chi connectivity index (χ1n) is 2.12. The van der Waals surface area contributed by atoms with Crippen LogP contribution in [-0.2, 0) is 31.9 Å². The second kappa shape index (κ2) is 7.91. The zero-order valence-electron chi connectivity index (χ0n) is 4.69. The maximum absolute atomic E-state index is 10.1. The van der Waals surface area contributed by atoms with Crippen molar-refractivity contribution in [3.63, 3.8) is 0 Å². The second-order valence-electron chi connectivity index (χ2n) is 1.04. The molecule has 0 heterocycles. The number of aliphatic hydroxyl groups is 1. The molecule has 0 aromatic rings. The van der Waals surface area contributed by atoms with E-state index in [9.17, 15) is 4.79 Å². The first-order chi connectivity index (χ1) is 3.81. The Morgan fingerprint density at radius 2 is 2.33 bits per heavy atom. The first kappa shape index (κ1) is 11.7. The molecule has 0 aromatic heterocycles. The molecule has 0 radical (unpaired) electrons. The third kappa shape index (κ3) is 7.91. The number of esters is 1. The Kier molecular flexibility index (Phi) is 10.3. The monoisotopic (exact) mass is 312 g/mol. The SMILES string of the molecule is C=[C-]C(=O)OCCO.[Au+]. The van der Waals surface area contributed by atoms with Gasteiger partial charge < -0.3 is 15.9 Å². The fourth-order valence-electron chi connectivity index (χ4n) is 0.189. The van der Waals surface area contributed by atoms with Gasteiger partial charge in [-0.2, -0.15) is 0 Å².